The van der Waals surface area contributed by atoms with E-state index in [2.05, 4.69) is 5.32 Å². The zero-order chi connectivity index (χ0) is 13.7. The molecule has 1 atom stereocenters. The van der Waals surface area contributed by atoms with Gasteiger partial charge in [-0.05, 0) is 49.4 Å². The van der Waals surface area contributed by atoms with Crippen LogP contribution in [0, 0.1) is 5.92 Å². The van der Waals surface area contributed by atoms with Gasteiger partial charge in [0, 0.05) is 30.4 Å². The summed E-state index contributed by atoms with van der Waals surface area (Å²) in [7, 11) is 0. The molecule has 1 aliphatic rings. The summed E-state index contributed by atoms with van der Waals surface area (Å²) in [6.07, 6.45) is 2.86. The maximum atomic E-state index is 12.1. The highest BCUT2D eigenvalue weighted by Crippen LogP contribution is 2.20. The van der Waals surface area contributed by atoms with Gasteiger partial charge < -0.3 is 15.3 Å². The number of halogens is 1. The van der Waals surface area contributed by atoms with Gasteiger partial charge in [0.15, 0.2) is 0 Å². The standard InChI is InChI=1S/C14H19ClN2O2/c15-12-3-5-13(6-4-12)16-14(19)17-8-1-2-11(10-17)7-9-18/h3-6,11,18H,1-2,7-10H2,(H,16,19). The van der Waals surface area contributed by atoms with Crippen LogP contribution in [0.25, 0.3) is 0 Å². The van der Waals surface area contributed by atoms with Gasteiger partial charge in [0.2, 0.25) is 0 Å². The fraction of sp³-hybridized carbons (Fsp3) is 0.500. The number of benzene rings is 1. The molecule has 2 rings (SSSR count). The van der Waals surface area contributed by atoms with Crippen LogP contribution in [0.1, 0.15) is 19.3 Å². The molecule has 0 aromatic heterocycles. The smallest absolute Gasteiger partial charge is 0.321 e. The Morgan fingerprint density at radius 3 is 2.84 bits per heavy atom. The zero-order valence-corrected chi connectivity index (χ0v) is 11.6. The molecular weight excluding hydrogens is 264 g/mol. The minimum Gasteiger partial charge on any atom is -0.396 e. The lowest BCUT2D eigenvalue weighted by atomic mass is 9.95. The van der Waals surface area contributed by atoms with E-state index in [4.69, 9.17) is 16.7 Å². The maximum absolute atomic E-state index is 12.1. The molecule has 104 valence electrons. The Kier molecular flexibility index (Phi) is 5.05. The molecule has 0 aliphatic carbocycles. The Morgan fingerprint density at radius 2 is 2.16 bits per heavy atom. The van der Waals surface area contributed by atoms with E-state index in [1.165, 1.54) is 0 Å². The number of amides is 2. The summed E-state index contributed by atoms with van der Waals surface area (Å²) in [6, 6.07) is 7.00. The first-order valence-corrected chi connectivity index (χ1v) is 6.99. The van der Waals surface area contributed by atoms with Crippen molar-refractivity contribution in [2.24, 2.45) is 5.92 Å². The lowest BCUT2D eigenvalue weighted by molar-refractivity contribution is 0.159. The molecule has 0 radical (unpaired) electrons. The number of urea groups is 1. The zero-order valence-electron chi connectivity index (χ0n) is 10.8. The molecule has 1 aliphatic heterocycles. The van der Waals surface area contributed by atoms with E-state index in [0.717, 1.165) is 38.0 Å². The van der Waals surface area contributed by atoms with Crippen LogP contribution >= 0.6 is 11.6 Å². The molecule has 0 spiro atoms. The Labute approximate surface area is 118 Å². The molecule has 1 unspecified atom stereocenters. The summed E-state index contributed by atoms with van der Waals surface area (Å²) >= 11 is 5.80. The molecule has 19 heavy (non-hydrogen) atoms. The van der Waals surface area contributed by atoms with Crippen LogP contribution in [-0.4, -0.2) is 35.7 Å². The van der Waals surface area contributed by atoms with Crippen molar-refractivity contribution in [1.29, 1.82) is 0 Å². The van der Waals surface area contributed by atoms with Crippen LogP contribution in [0.5, 0.6) is 0 Å². The molecule has 4 nitrogen and oxygen atoms in total. The van der Waals surface area contributed by atoms with Crippen LogP contribution < -0.4 is 5.32 Å². The minimum atomic E-state index is -0.0787. The molecule has 0 bridgehead atoms. The Morgan fingerprint density at radius 1 is 1.42 bits per heavy atom. The lowest BCUT2D eigenvalue weighted by Crippen LogP contribution is -2.42. The molecular formula is C14H19ClN2O2. The molecule has 2 amide bonds. The SMILES string of the molecule is O=C(Nc1ccc(Cl)cc1)N1CCCC(CCO)C1. The van der Waals surface area contributed by atoms with Crippen molar-refractivity contribution in [1.82, 2.24) is 4.90 Å². The Hall–Kier alpha value is -1.26. The van der Waals surface area contributed by atoms with Gasteiger partial charge in [-0.25, -0.2) is 4.79 Å². The average molecular weight is 283 g/mol. The Balaban J connectivity index is 1.90. The predicted molar refractivity (Wildman–Crippen MR) is 76.5 cm³/mol. The second kappa shape index (κ2) is 6.78. The van der Waals surface area contributed by atoms with Crippen molar-refractivity contribution in [3.8, 4) is 0 Å². The van der Waals surface area contributed by atoms with Crippen molar-refractivity contribution in [3.63, 3.8) is 0 Å². The van der Waals surface area contributed by atoms with Gasteiger partial charge >= 0.3 is 6.03 Å². The van der Waals surface area contributed by atoms with E-state index in [9.17, 15) is 4.79 Å². The number of anilines is 1. The van der Waals surface area contributed by atoms with E-state index < -0.39 is 0 Å². The third-order valence-corrected chi connectivity index (χ3v) is 3.69. The number of hydrogen-bond donors (Lipinski definition) is 2. The molecule has 2 N–H and O–H groups in total. The van der Waals surface area contributed by atoms with Crippen LogP contribution in [0.3, 0.4) is 0 Å². The topological polar surface area (TPSA) is 52.6 Å². The van der Waals surface area contributed by atoms with E-state index >= 15 is 0 Å². The van der Waals surface area contributed by atoms with Crippen molar-refractivity contribution >= 4 is 23.3 Å². The number of carbonyl (C=O) groups is 1. The molecule has 1 aromatic rings. The lowest BCUT2D eigenvalue weighted by Gasteiger charge is -2.32. The largest absolute Gasteiger partial charge is 0.396 e. The monoisotopic (exact) mass is 282 g/mol. The normalized spacial score (nSPS) is 19.3. The van der Waals surface area contributed by atoms with Crippen molar-refractivity contribution in [2.45, 2.75) is 19.3 Å². The molecule has 1 fully saturated rings. The van der Waals surface area contributed by atoms with Crippen LogP contribution in [0.4, 0.5) is 10.5 Å². The number of nitrogens with one attached hydrogen (secondary N) is 1. The van der Waals surface area contributed by atoms with E-state index in [1.54, 1.807) is 24.3 Å². The van der Waals surface area contributed by atoms with Gasteiger partial charge in [-0.15, -0.1) is 0 Å². The summed E-state index contributed by atoms with van der Waals surface area (Å²) < 4.78 is 0. The van der Waals surface area contributed by atoms with Crippen LogP contribution in [0.15, 0.2) is 24.3 Å². The van der Waals surface area contributed by atoms with E-state index in [0.29, 0.717) is 10.9 Å². The third kappa shape index (κ3) is 4.11. The van der Waals surface area contributed by atoms with Gasteiger partial charge in [0.05, 0.1) is 0 Å². The quantitative estimate of drug-likeness (QED) is 0.895. The van der Waals surface area contributed by atoms with Gasteiger partial charge in [-0.2, -0.15) is 0 Å². The number of likely N-dealkylation sites (tertiary alicyclic amines) is 1. The summed E-state index contributed by atoms with van der Waals surface area (Å²) in [6.45, 7) is 1.69. The Bertz CT molecular complexity index is 420. The number of aliphatic hydroxyl groups is 1. The van der Waals surface area contributed by atoms with E-state index in [1.807, 2.05) is 4.90 Å². The minimum absolute atomic E-state index is 0.0787. The summed E-state index contributed by atoms with van der Waals surface area (Å²) in [4.78, 5) is 13.9. The third-order valence-electron chi connectivity index (χ3n) is 3.44. The highest BCUT2D eigenvalue weighted by molar-refractivity contribution is 6.30. The second-order valence-corrected chi connectivity index (χ2v) is 5.34. The first-order valence-electron chi connectivity index (χ1n) is 6.61. The fourth-order valence-corrected chi connectivity index (χ4v) is 2.53. The summed E-state index contributed by atoms with van der Waals surface area (Å²) in [5.41, 5.74) is 0.749. The number of piperidine rings is 1. The molecule has 0 saturated carbocycles. The average Bonchev–Trinajstić information content (AvgIpc) is 2.42. The number of rotatable bonds is 3. The summed E-state index contributed by atoms with van der Waals surface area (Å²) in [5.74, 6) is 0.412. The van der Waals surface area contributed by atoms with Gasteiger partial charge in [0.1, 0.15) is 0 Å². The number of carbonyl (C=O) groups excluding carboxylic acids is 1. The van der Waals surface area contributed by atoms with Crippen molar-refractivity contribution in [3.05, 3.63) is 29.3 Å². The number of hydrogen-bond acceptors (Lipinski definition) is 2. The molecule has 1 saturated heterocycles. The van der Waals surface area contributed by atoms with E-state index in [-0.39, 0.29) is 12.6 Å². The maximum Gasteiger partial charge on any atom is 0.321 e. The number of nitrogens with zero attached hydrogens (tertiary/aromatic N) is 1. The molecule has 1 heterocycles. The fourth-order valence-electron chi connectivity index (χ4n) is 2.40. The predicted octanol–water partition coefficient (Wildman–Crippen LogP) is 2.97. The highest BCUT2D eigenvalue weighted by Gasteiger charge is 2.23. The number of aliphatic hydroxyl groups excluding tert-OH is 1. The summed E-state index contributed by atoms with van der Waals surface area (Å²) in [5, 5.41) is 12.5. The highest BCUT2D eigenvalue weighted by atomic mass is 35.5. The van der Waals surface area contributed by atoms with Gasteiger partial charge in [0.25, 0.3) is 0 Å². The van der Waals surface area contributed by atoms with Crippen molar-refractivity contribution < 1.29 is 9.90 Å². The van der Waals surface area contributed by atoms with Gasteiger partial charge in [-0.1, -0.05) is 11.6 Å². The first kappa shape index (κ1) is 14.2. The molecule has 1 aromatic carbocycles. The second-order valence-electron chi connectivity index (χ2n) is 4.90. The van der Waals surface area contributed by atoms with Crippen LogP contribution in [-0.2, 0) is 0 Å². The first-order chi connectivity index (χ1) is 9.19. The molecule has 5 heteroatoms. The van der Waals surface area contributed by atoms with Gasteiger partial charge in [-0.3, -0.25) is 0 Å². The van der Waals surface area contributed by atoms with Crippen molar-refractivity contribution in [2.75, 3.05) is 25.0 Å². The van der Waals surface area contributed by atoms with Crippen LogP contribution in [0.2, 0.25) is 5.02 Å².